The van der Waals surface area contributed by atoms with Crippen LogP contribution in [0.1, 0.15) is 11.1 Å². The first kappa shape index (κ1) is 15.5. The first-order valence-corrected chi connectivity index (χ1v) is 9.73. The molecule has 0 N–H and O–H groups in total. The number of aryl methyl sites for hydroxylation is 2. The van der Waals surface area contributed by atoms with Gasteiger partial charge < -0.3 is 0 Å². The second kappa shape index (κ2) is 5.93. The molecular formula is C20H14N4S2. The highest BCUT2D eigenvalue weighted by atomic mass is 32.1. The van der Waals surface area contributed by atoms with Crippen LogP contribution < -0.4 is 0 Å². The summed E-state index contributed by atoms with van der Waals surface area (Å²) >= 11 is 2.53. The molecule has 0 atom stereocenters. The van der Waals surface area contributed by atoms with E-state index < -0.39 is 0 Å². The zero-order chi connectivity index (χ0) is 17.7. The van der Waals surface area contributed by atoms with Crippen LogP contribution >= 0.6 is 23.5 Å². The molecule has 0 aliphatic rings. The third-order valence-corrected chi connectivity index (χ3v) is 5.80. The maximum Gasteiger partial charge on any atom is 0.112 e. The Hall–Kier alpha value is -2.70. The van der Waals surface area contributed by atoms with Gasteiger partial charge in [-0.05, 0) is 36.1 Å². The maximum atomic E-state index is 4.49. The molecule has 5 rings (SSSR count). The predicted molar refractivity (Wildman–Crippen MR) is 109 cm³/mol. The fourth-order valence-corrected chi connectivity index (χ4v) is 4.51. The minimum absolute atomic E-state index is 0.976. The zero-order valence-electron chi connectivity index (χ0n) is 14.2. The minimum atomic E-state index is 0.976. The molecule has 0 bridgehead atoms. The van der Waals surface area contributed by atoms with Crippen LogP contribution in [0.2, 0.25) is 0 Å². The molecule has 0 saturated carbocycles. The zero-order valence-corrected chi connectivity index (χ0v) is 15.9. The van der Waals surface area contributed by atoms with Crippen molar-refractivity contribution in [2.24, 2.45) is 0 Å². The van der Waals surface area contributed by atoms with E-state index in [-0.39, 0.29) is 0 Å². The van der Waals surface area contributed by atoms with Gasteiger partial charge >= 0.3 is 0 Å². The Morgan fingerprint density at radius 3 is 1.31 bits per heavy atom. The van der Waals surface area contributed by atoms with Crippen molar-refractivity contribution in [1.82, 2.24) is 17.5 Å². The molecule has 26 heavy (non-hydrogen) atoms. The average Bonchev–Trinajstić information content (AvgIpc) is 3.33. The number of aromatic nitrogens is 4. The third-order valence-electron chi connectivity index (χ3n) is 4.74. The van der Waals surface area contributed by atoms with E-state index in [2.05, 4.69) is 79.9 Å². The van der Waals surface area contributed by atoms with E-state index >= 15 is 0 Å². The van der Waals surface area contributed by atoms with Gasteiger partial charge in [0.15, 0.2) is 0 Å². The highest BCUT2D eigenvalue weighted by Gasteiger charge is 2.12. The SMILES string of the molecule is Cc1ccc(-c2ccc(-c3ccc(C)c4nsnc34)cc2)c2nsnc12. The Bertz CT molecular complexity index is 1150. The van der Waals surface area contributed by atoms with Crippen molar-refractivity contribution >= 4 is 45.5 Å². The van der Waals surface area contributed by atoms with Crippen LogP contribution in [0.3, 0.4) is 0 Å². The molecule has 126 valence electrons. The molecular weight excluding hydrogens is 360 g/mol. The summed E-state index contributed by atoms with van der Waals surface area (Å²) in [4.78, 5) is 0. The van der Waals surface area contributed by atoms with Crippen molar-refractivity contribution in [2.75, 3.05) is 0 Å². The Morgan fingerprint density at radius 2 is 0.885 bits per heavy atom. The molecule has 0 radical (unpaired) electrons. The number of fused-ring (bicyclic) bond motifs is 2. The molecule has 4 nitrogen and oxygen atoms in total. The lowest BCUT2D eigenvalue weighted by Gasteiger charge is -2.07. The standard InChI is InChI=1S/C20H14N4S2/c1-11-3-9-15(19-17(11)21-25-23-19)13-5-7-14(8-6-13)16-10-4-12(2)18-20(16)24-26-22-18/h3-10H,1-2H3. The van der Waals surface area contributed by atoms with Gasteiger partial charge in [0.25, 0.3) is 0 Å². The van der Waals surface area contributed by atoms with Crippen LogP contribution in [0.15, 0.2) is 48.5 Å². The fraction of sp³-hybridized carbons (Fsp3) is 0.100. The number of hydrogen-bond donors (Lipinski definition) is 0. The molecule has 0 fully saturated rings. The smallest absolute Gasteiger partial charge is 0.112 e. The van der Waals surface area contributed by atoms with Gasteiger partial charge in [-0.1, -0.05) is 48.5 Å². The quantitative estimate of drug-likeness (QED) is 0.401. The van der Waals surface area contributed by atoms with Gasteiger partial charge in [-0.15, -0.1) is 0 Å². The summed E-state index contributed by atoms with van der Waals surface area (Å²) in [7, 11) is 0. The molecule has 3 aromatic carbocycles. The molecule has 6 heteroatoms. The molecule has 0 unspecified atom stereocenters. The summed E-state index contributed by atoms with van der Waals surface area (Å²) in [5.74, 6) is 0. The number of benzene rings is 3. The Morgan fingerprint density at radius 1 is 0.500 bits per heavy atom. The minimum Gasteiger partial charge on any atom is -0.173 e. The predicted octanol–water partition coefficient (Wildman–Crippen LogP) is 5.65. The Kier molecular flexibility index (Phi) is 3.55. The molecule has 0 spiro atoms. The van der Waals surface area contributed by atoms with E-state index in [1.807, 2.05) is 0 Å². The molecule has 2 aromatic heterocycles. The topological polar surface area (TPSA) is 51.6 Å². The van der Waals surface area contributed by atoms with E-state index in [4.69, 9.17) is 0 Å². The average molecular weight is 374 g/mol. The summed E-state index contributed by atoms with van der Waals surface area (Å²) in [6.07, 6.45) is 0. The van der Waals surface area contributed by atoms with Crippen molar-refractivity contribution in [3.8, 4) is 22.3 Å². The van der Waals surface area contributed by atoms with Crippen LogP contribution in [0.25, 0.3) is 44.3 Å². The second-order valence-electron chi connectivity index (χ2n) is 6.36. The third kappa shape index (κ3) is 2.34. The first-order chi connectivity index (χ1) is 12.7. The van der Waals surface area contributed by atoms with Gasteiger partial charge in [-0.25, -0.2) is 0 Å². The van der Waals surface area contributed by atoms with Gasteiger partial charge in [-0.2, -0.15) is 17.5 Å². The van der Waals surface area contributed by atoms with Crippen molar-refractivity contribution in [1.29, 1.82) is 0 Å². The number of rotatable bonds is 2. The lowest BCUT2D eigenvalue weighted by molar-refractivity contribution is 1.47. The Balaban J connectivity index is 1.63. The van der Waals surface area contributed by atoms with E-state index in [1.54, 1.807) is 0 Å². The molecule has 0 aliphatic heterocycles. The molecule has 0 saturated heterocycles. The van der Waals surface area contributed by atoms with Crippen molar-refractivity contribution in [3.05, 3.63) is 59.7 Å². The van der Waals surface area contributed by atoms with Gasteiger partial charge in [0.2, 0.25) is 0 Å². The van der Waals surface area contributed by atoms with Crippen LogP contribution in [-0.4, -0.2) is 17.5 Å². The summed E-state index contributed by atoms with van der Waals surface area (Å²) in [6, 6.07) is 17.0. The van der Waals surface area contributed by atoms with E-state index in [0.717, 1.165) is 55.4 Å². The van der Waals surface area contributed by atoms with Crippen LogP contribution in [0, 0.1) is 13.8 Å². The first-order valence-electron chi connectivity index (χ1n) is 8.27. The van der Waals surface area contributed by atoms with Gasteiger partial charge in [0.05, 0.1) is 23.5 Å². The van der Waals surface area contributed by atoms with Crippen molar-refractivity contribution in [3.63, 3.8) is 0 Å². The highest BCUT2D eigenvalue weighted by molar-refractivity contribution is 7.00. The van der Waals surface area contributed by atoms with Crippen molar-refractivity contribution in [2.45, 2.75) is 13.8 Å². The monoisotopic (exact) mass is 374 g/mol. The van der Waals surface area contributed by atoms with E-state index in [0.29, 0.717) is 0 Å². The van der Waals surface area contributed by atoms with Crippen molar-refractivity contribution < 1.29 is 0 Å². The lowest BCUT2D eigenvalue weighted by atomic mass is 9.97. The normalized spacial score (nSPS) is 11.5. The van der Waals surface area contributed by atoms with E-state index in [1.165, 1.54) is 23.5 Å². The lowest BCUT2D eigenvalue weighted by Crippen LogP contribution is -1.86. The van der Waals surface area contributed by atoms with Gasteiger partial charge in [0, 0.05) is 11.1 Å². The van der Waals surface area contributed by atoms with E-state index in [9.17, 15) is 0 Å². The highest BCUT2D eigenvalue weighted by Crippen LogP contribution is 2.33. The summed E-state index contributed by atoms with van der Waals surface area (Å²) in [6.45, 7) is 4.14. The summed E-state index contributed by atoms with van der Waals surface area (Å²) in [5, 5.41) is 0. The number of nitrogens with zero attached hydrogens (tertiary/aromatic N) is 4. The second-order valence-corrected chi connectivity index (χ2v) is 7.42. The molecule has 0 amide bonds. The number of hydrogen-bond acceptors (Lipinski definition) is 6. The molecule has 5 aromatic rings. The maximum absolute atomic E-state index is 4.49. The fourth-order valence-electron chi connectivity index (χ4n) is 3.28. The van der Waals surface area contributed by atoms with Gasteiger partial charge in [0.1, 0.15) is 22.1 Å². The molecule has 0 aliphatic carbocycles. The van der Waals surface area contributed by atoms with Crippen LogP contribution in [0.4, 0.5) is 0 Å². The summed E-state index contributed by atoms with van der Waals surface area (Å²) in [5.41, 5.74) is 10.8. The van der Waals surface area contributed by atoms with Crippen LogP contribution in [0.5, 0.6) is 0 Å². The van der Waals surface area contributed by atoms with Gasteiger partial charge in [-0.3, -0.25) is 0 Å². The largest absolute Gasteiger partial charge is 0.173 e. The Labute approximate surface area is 158 Å². The summed E-state index contributed by atoms with van der Waals surface area (Å²) < 4.78 is 17.8. The molecule has 2 heterocycles. The van der Waals surface area contributed by atoms with Crippen LogP contribution in [-0.2, 0) is 0 Å².